The zero-order chi connectivity index (χ0) is 8.20. The van der Waals surface area contributed by atoms with Crippen LogP contribution in [0, 0.1) is 11.3 Å². The Bertz CT molecular complexity index is 76.5. The molecule has 0 amide bonds. The fourth-order valence-corrected chi connectivity index (χ4v) is 1.42. The molecule has 0 aromatic heterocycles. The van der Waals surface area contributed by atoms with E-state index in [0.717, 1.165) is 0 Å². The molecule has 0 nitrogen and oxygen atoms in total. The van der Waals surface area contributed by atoms with Gasteiger partial charge in [0.05, 0.1) is 0 Å². The van der Waals surface area contributed by atoms with Crippen LogP contribution in [0.4, 0.5) is 0 Å². The number of hydrogen-bond donors (Lipinski definition) is 0. The zero-order valence-corrected chi connectivity index (χ0v) is 8.12. The van der Waals surface area contributed by atoms with Gasteiger partial charge in [0.15, 0.2) is 0 Å². The maximum absolute atomic E-state index is 2.30. The minimum absolute atomic E-state index is 0.485. The summed E-state index contributed by atoms with van der Waals surface area (Å²) in [5, 5.41) is 0. The summed E-state index contributed by atoms with van der Waals surface area (Å²) < 4.78 is 0. The number of rotatable bonds is 3. The summed E-state index contributed by atoms with van der Waals surface area (Å²) >= 11 is 0. The molecule has 0 saturated heterocycles. The average molecular weight is 141 g/mol. The van der Waals surface area contributed by atoms with Crippen molar-refractivity contribution in [1.29, 1.82) is 0 Å². The molecule has 0 heterocycles. The van der Waals surface area contributed by atoms with Crippen LogP contribution in [0.2, 0.25) is 0 Å². The Kier molecular flexibility index (Phi) is 4.00. The van der Waals surface area contributed by atoms with Crippen molar-refractivity contribution in [3.8, 4) is 0 Å². The lowest BCUT2D eigenvalue weighted by atomic mass is 9.84. The highest BCUT2D eigenvalue weighted by atomic mass is 14.2. The van der Waals surface area contributed by atoms with Crippen LogP contribution < -0.4 is 0 Å². The Labute approximate surface area is 66.0 Å². The fraction of sp³-hybridized carbons (Fsp3) is 0.900. The van der Waals surface area contributed by atoms with Gasteiger partial charge in [0.2, 0.25) is 0 Å². The normalized spacial score (nSPS) is 12.6. The summed E-state index contributed by atoms with van der Waals surface area (Å²) in [5.74, 6) is 1.65. The fourth-order valence-electron chi connectivity index (χ4n) is 1.42. The summed E-state index contributed by atoms with van der Waals surface area (Å²) in [6.07, 6.45) is 3.88. The molecule has 10 heavy (non-hydrogen) atoms. The second kappa shape index (κ2) is 4.00. The first kappa shape index (κ1) is 10.0. The van der Waals surface area contributed by atoms with Gasteiger partial charge in [0.25, 0.3) is 0 Å². The van der Waals surface area contributed by atoms with Crippen LogP contribution in [0.5, 0.6) is 0 Å². The summed E-state index contributed by atoms with van der Waals surface area (Å²) in [6.45, 7) is 11.4. The van der Waals surface area contributed by atoms with Crippen LogP contribution in [0.25, 0.3) is 0 Å². The molecule has 0 atom stereocenters. The van der Waals surface area contributed by atoms with Crippen LogP contribution >= 0.6 is 0 Å². The highest BCUT2D eigenvalue weighted by Gasteiger charge is 2.14. The lowest BCUT2D eigenvalue weighted by molar-refractivity contribution is 0.379. The molecule has 0 fully saturated rings. The largest absolute Gasteiger partial charge is 0.0654 e. The van der Waals surface area contributed by atoms with Gasteiger partial charge in [0.1, 0.15) is 0 Å². The average Bonchev–Trinajstić information content (AvgIpc) is 1.59. The predicted octanol–water partition coefficient (Wildman–Crippen LogP) is 3.82. The van der Waals surface area contributed by atoms with Crippen molar-refractivity contribution in [3.63, 3.8) is 0 Å². The minimum Gasteiger partial charge on any atom is -0.0654 e. The quantitative estimate of drug-likeness (QED) is 0.560. The Balaban J connectivity index is 3.47. The molecule has 0 aromatic rings. The molecule has 0 aromatic carbocycles. The zero-order valence-electron chi connectivity index (χ0n) is 8.12. The molecule has 1 radical (unpaired) electrons. The molecule has 0 unspecified atom stereocenters. The third kappa shape index (κ3) is 6.12. The van der Waals surface area contributed by atoms with Gasteiger partial charge < -0.3 is 0 Å². The van der Waals surface area contributed by atoms with E-state index in [-0.39, 0.29) is 0 Å². The second-order valence-corrected chi connectivity index (χ2v) is 4.44. The van der Waals surface area contributed by atoms with Crippen molar-refractivity contribution in [3.05, 3.63) is 5.92 Å². The standard InChI is InChI=1S/C10H21/c1-6-7-9(2)8-10(3,4)5/h6-8H2,1-5H3. The van der Waals surface area contributed by atoms with Gasteiger partial charge >= 0.3 is 0 Å². The van der Waals surface area contributed by atoms with Gasteiger partial charge in [-0.1, -0.05) is 41.0 Å². The summed E-state index contributed by atoms with van der Waals surface area (Å²) in [6, 6.07) is 0. The molecule has 0 rings (SSSR count). The molecular weight excluding hydrogens is 120 g/mol. The van der Waals surface area contributed by atoms with E-state index >= 15 is 0 Å². The van der Waals surface area contributed by atoms with Gasteiger partial charge in [-0.15, -0.1) is 0 Å². The molecular formula is C10H21. The molecule has 0 spiro atoms. The Morgan fingerprint density at radius 2 is 1.70 bits per heavy atom. The summed E-state index contributed by atoms with van der Waals surface area (Å²) in [4.78, 5) is 0. The van der Waals surface area contributed by atoms with E-state index < -0.39 is 0 Å². The SMILES string of the molecule is CCC[C](C)CC(C)(C)C. The molecule has 0 N–H and O–H groups in total. The van der Waals surface area contributed by atoms with E-state index in [1.54, 1.807) is 5.92 Å². The monoisotopic (exact) mass is 141 g/mol. The first-order valence-electron chi connectivity index (χ1n) is 4.27. The Morgan fingerprint density at radius 1 is 1.20 bits per heavy atom. The molecule has 0 aliphatic rings. The molecule has 0 heteroatoms. The lowest BCUT2D eigenvalue weighted by Crippen LogP contribution is -2.09. The van der Waals surface area contributed by atoms with E-state index in [9.17, 15) is 0 Å². The third-order valence-electron chi connectivity index (χ3n) is 1.51. The van der Waals surface area contributed by atoms with Gasteiger partial charge in [-0.2, -0.15) is 0 Å². The topological polar surface area (TPSA) is 0 Å². The van der Waals surface area contributed by atoms with Crippen LogP contribution in [0.3, 0.4) is 0 Å². The van der Waals surface area contributed by atoms with Crippen molar-refractivity contribution < 1.29 is 0 Å². The van der Waals surface area contributed by atoms with E-state index in [0.29, 0.717) is 5.41 Å². The maximum atomic E-state index is 2.30. The van der Waals surface area contributed by atoms with Gasteiger partial charge in [-0.05, 0) is 24.2 Å². The van der Waals surface area contributed by atoms with E-state index in [1.165, 1.54) is 19.3 Å². The van der Waals surface area contributed by atoms with Crippen molar-refractivity contribution >= 4 is 0 Å². The molecule has 0 saturated carbocycles. The molecule has 61 valence electrons. The minimum atomic E-state index is 0.485. The third-order valence-corrected chi connectivity index (χ3v) is 1.51. The Morgan fingerprint density at radius 3 is 2.00 bits per heavy atom. The first-order valence-corrected chi connectivity index (χ1v) is 4.27. The maximum Gasteiger partial charge on any atom is -0.0267 e. The van der Waals surface area contributed by atoms with Crippen LogP contribution in [-0.2, 0) is 0 Å². The number of hydrogen-bond acceptors (Lipinski definition) is 0. The van der Waals surface area contributed by atoms with Crippen LogP contribution in [0.1, 0.15) is 53.9 Å². The molecule has 0 aliphatic carbocycles. The first-order chi connectivity index (χ1) is 4.45. The van der Waals surface area contributed by atoms with Gasteiger partial charge in [0, 0.05) is 0 Å². The van der Waals surface area contributed by atoms with Crippen molar-refractivity contribution in [1.82, 2.24) is 0 Å². The van der Waals surface area contributed by atoms with Crippen LogP contribution in [-0.4, -0.2) is 0 Å². The van der Waals surface area contributed by atoms with E-state index in [2.05, 4.69) is 34.6 Å². The Hall–Kier alpha value is 0. The van der Waals surface area contributed by atoms with Gasteiger partial charge in [-0.25, -0.2) is 0 Å². The molecule has 0 bridgehead atoms. The van der Waals surface area contributed by atoms with Crippen LogP contribution in [0.15, 0.2) is 0 Å². The second-order valence-electron chi connectivity index (χ2n) is 4.44. The summed E-state index contributed by atoms with van der Waals surface area (Å²) in [7, 11) is 0. The highest BCUT2D eigenvalue weighted by molar-refractivity contribution is 4.87. The highest BCUT2D eigenvalue weighted by Crippen LogP contribution is 2.27. The van der Waals surface area contributed by atoms with Crippen molar-refractivity contribution in [2.45, 2.75) is 53.9 Å². The smallest absolute Gasteiger partial charge is 0.0267 e. The van der Waals surface area contributed by atoms with Gasteiger partial charge in [-0.3, -0.25) is 0 Å². The van der Waals surface area contributed by atoms with E-state index in [4.69, 9.17) is 0 Å². The van der Waals surface area contributed by atoms with Crippen molar-refractivity contribution in [2.24, 2.45) is 5.41 Å². The summed E-state index contributed by atoms with van der Waals surface area (Å²) in [5.41, 5.74) is 0.485. The lowest BCUT2D eigenvalue weighted by Gasteiger charge is -2.22. The van der Waals surface area contributed by atoms with E-state index in [1.807, 2.05) is 0 Å². The molecule has 0 aliphatic heterocycles. The van der Waals surface area contributed by atoms with Crippen molar-refractivity contribution in [2.75, 3.05) is 0 Å². The predicted molar refractivity (Wildman–Crippen MR) is 47.9 cm³/mol.